The zero-order valence-corrected chi connectivity index (χ0v) is 22.5. The molecule has 4 fully saturated rings. The van der Waals surface area contributed by atoms with Gasteiger partial charge in [-0.05, 0) is 63.2 Å². The lowest BCUT2D eigenvalue weighted by Gasteiger charge is -2.67. The predicted molar refractivity (Wildman–Crippen MR) is 128 cm³/mol. The van der Waals surface area contributed by atoms with Crippen molar-refractivity contribution in [2.75, 3.05) is 13.7 Å². The summed E-state index contributed by atoms with van der Waals surface area (Å²) in [5.74, 6) is -3.44. The molecule has 0 aromatic heterocycles. The van der Waals surface area contributed by atoms with Gasteiger partial charge >= 0.3 is 5.97 Å². The molecule has 3 saturated carbocycles. The second-order valence-corrected chi connectivity index (χ2v) is 12.5. The van der Waals surface area contributed by atoms with Gasteiger partial charge in [-0.1, -0.05) is 19.9 Å². The maximum Gasteiger partial charge on any atom is 0.303 e. The zero-order valence-electron chi connectivity index (χ0n) is 22.5. The van der Waals surface area contributed by atoms with E-state index in [4.69, 9.17) is 18.9 Å². The Balaban J connectivity index is 1.69. The van der Waals surface area contributed by atoms with Crippen LogP contribution < -0.4 is 0 Å². The summed E-state index contributed by atoms with van der Waals surface area (Å²) < 4.78 is 57.5. The Kier molecular flexibility index (Phi) is 5.61. The number of fused-ring (bicyclic) bond motifs is 7. The van der Waals surface area contributed by atoms with E-state index in [-0.39, 0.29) is 30.6 Å². The third kappa shape index (κ3) is 3.05. The van der Waals surface area contributed by atoms with Crippen molar-refractivity contribution >= 4 is 17.5 Å². The summed E-state index contributed by atoms with van der Waals surface area (Å²) in [6.07, 6.45) is 0.802. The number of ether oxygens (including phenoxy) is 4. The lowest BCUT2D eigenvalue weighted by molar-refractivity contribution is -0.277. The average molecular weight is 523 g/mol. The van der Waals surface area contributed by atoms with E-state index in [0.717, 1.165) is 0 Å². The third-order valence-corrected chi connectivity index (χ3v) is 10.5. The van der Waals surface area contributed by atoms with Gasteiger partial charge in [0.1, 0.15) is 6.17 Å². The van der Waals surface area contributed by atoms with Crippen LogP contribution in [0.25, 0.3) is 0 Å². The van der Waals surface area contributed by atoms with Crippen molar-refractivity contribution < 1.29 is 42.1 Å². The Labute approximate surface area is 215 Å². The van der Waals surface area contributed by atoms with Crippen molar-refractivity contribution in [1.29, 1.82) is 0 Å². The summed E-state index contributed by atoms with van der Waals surface area (Å²) in [5, 5.41) is 0. The van der Waals surface area contributed by atoms with Crippen LogP contribution in [0, 0.1) is 22.2 Å². The van der Waals surface area contributed by atoms with Crippen LogP contribution in [-0.2, 0) is 33.3 Å². The van der Waals surface area contributed by atoms with Gasteiger partial charge in [0, 0.05) is 30.8 Å². The maximum absolute atomic E-state index is 17.9. The van der Waals surface area contributed by atoms with Gasteiger partial charge in [0.25, 0.3) is 0 Å². The molecule has 9 heteroatoms. The van der Waals surface area contributed by atoms with Gasteiger partial charge < -0.3 is 18.9 Å². The molecular weight excluding hydrogens is 486 g/mol. The average Bonchev–Trinajstić information content (AvgIpc) is 3.18. The van der Waals surface area contributed by atoms with Crippen LogP contribution in [0.15, 0.2) is 23.8 Å². The summed E-state index contributed by atoms with van der Waals surface area (Å²) in [6.45, 7) is 9.52. The first-order valence-corrected chi connectivity index (χ1v) is 12.9. The van der Waals surface area contributed by atoms with E-state index in [1.165, 1.54) is 32.3 Å². The fourth-order valence-corrected chi connectivity index (χ4v) is 8.71. The number of hydrogen-bond donors (Lipinski definition) is 0. The maximum atomic E-state index is 17.9. The van der Waals surface area contributed by atoms with Gasteiger partial charge in [-0.25, -0.2) is 8.78 Å². The summed E-state index contributed by atoms with van der Waals surface area (Å²) in [4.78, 5) is 37.6. The zero-order chi connectivity index (χ0) is 27.4. The second-order valence-electron chi connectivity index (χ2n) is 12.5. The van der Waals surface area contributed by atoms with E-state index in [9.17, 15) is 14.4 Å². The molecule has 0 N–H and O–H groups in total. The monoisotopic (exact) mass is 522 g/mol. The number of methoxy groups -OCH3 is 1. The molecule has 0 aromatic carbocycles. The molecule has 1 aliphatic heterocycles. The van der Waals surface area contributed by atoms with Crippen LogP contribution in [0.1, 0.15) is 60.8 Å². The van der Waals surface area contributed by atoms with Crippen molar-refractivity contribution in [2.45, 2.75) is 96.2 Å². The predicted octanol–water partition coefficient (Wildman–Crippen LogP) is 3.98. The number of rotatable bonds is 4. The van der Waals surface area contributed by atoms with Crippen LogP contribution in [0.5, 0.6) is 0 Å². The number of alkyl halides is 2. The fraction of sp³-hybridized carbons (Fsp3) is 0.750. The van der Waals surface area contributed by atoms with Gasteiger partial charge in [0.15, 0.2) is 29.4 Å². The van der Waals surface area contributed by atoms with E-state index in [0.29, 0.717) is 0 Å². The van der Waals surface area contributed by atoms with Crippen LogP contribution in [-0.4, -0.2) is 66.7 Å². The van der Waals surface area contributed by atoms with Crippen LogP contribution in [0.4, 0.5) is 8.78 Å². The Bertz CT molecular complexity index is 1130. The fourth-order valence-electron chi connectivity index (χ4n) is 8.71. The van der Waals surface area contributed by atoms with Crippen molar-refractivity contribution in [3.63, 3.8) is 0 Å². The highest BCUT2D eigenvalue weighted by atomic mass is 19.1. The van der Waals surface area contributed by atoms with E-state index >= 15 is 8.78 Å². The molecule has 0 aromatic rings. The van der Waals surface area contributed by atoms with Gasteiger partial charge in [-0.2, -0.15) is 0 Å². The first-order valence-electron chi connectivity index (χ1n) is 12.9. The number of hydrogen-bond acceptors (Lipinski definition) is 7. The summed E-state index contributed by atoms with van der Waals surface area (Å²) in [7, 11) is 1.41. The Morgan fingerprint density at radius 1 is 1.16 bits per heavy atom. The Morgan fingerprint density at radius 3 is 2.46 bits per heavy atom. The van der Waals surface area contributed by atoms with Crippen molar-refractivity contribution in [1.82, 2.24) is 0 Å². The first kappa shape index (κ1) is 26.6. The molecule has 7 nitrogen and oxygen atoms in total. The van der Waals surface area contributed by atoms with E-state index in [2.05, 4.69) is 0 Å². The second kappa shape index (κ2) is 7.79. The molecule has 4 aliphatic carbocycles. The van der Waals surface area contributed by atoms with Crippen molar-refractivity contribution in [3.05, 3.63) is 23.8 Å². The standard InChI is InChI=1S/C28H36F2O7/c1-15(31)35-14-20(33)28-22(36-23(2,3)37-28)12-25(5)19-11-18(29)17-10-16(32)8-9-24(17,4)27(19,30)21(34-7)13-26(25,28)6/h8-10,18-19,21-22H,11-14H2,1-7H3. The van der Waals surface area contributed by atoms with E-state index in [1.807, 2.05) is 13.8 Å². The van der Waals surface area contributed by atoms with Crippen LogP contribution >= 0.6 is 0 Å². The minimum Gasteiger partial charge on any atom is -0.458 e. The highest BCUT2D eigenvalue weighted by Gasteiger charge is 2.84. The number of esters is 1. The molecule has 5 rings (SSSR count). The van der Waals surface area contributed by atoms with Crippen LogP contribution in [0.3, 0.4) is 0 Å². The largest absolute Gasteiger partial charge is 0.458 e. The highest BCUT2D eigenvalue weighted by Crippen LogP contribution is 2.77. The number of Topliss-reactive ketones (excluding diaryl/α,β-unsaturated/α-hetero) is 1. The molecule has 9 atom stereocenters. The summed E-state index contributed by atoms with van der Waals surface area (Å²) >= 11 is 0. The summed E-state index contributed by atoms with van der Waals surface area (Å²) in [6, 6.07) is 0. The van der Waals surface area contributed by atoms with Crippen molar-refractivity contribution in [3.8, 4) is 0 Å². The molecule has 0 radical (unpaired) electrons. The normalized spacial score (nSPS) is 49.4. The third-order valence-electron chi connectivity index (χ3n) is 10.5. The van der Waals surface area contributed by atoms with Crippen LogP contribution in [0.2, 0.25) is 0 Å². The van der Waals surface area contributed by atoms with E-state index < -0.39 is 76.0 Å². The number of ketones is 2. The number of halogens is 2. The number of carbonyl (C=O) groups is 3. The van der Waals surface area contributed by atoms with Gasteiger partial charge in [-0.3, -0.25) is 14.4 Å². The van der Waals surface area contributed by atoms with Gasteiger partial charge in [0.2, 0.25) is 5.78 Å². The first-order chi connectivity index (χ1) is 17.0. The molecule has 5 aliphatic rings. The Morgan fingerprint density at radius 2 is 1.84 bits per heavy atom. The smallest absolute Gasteiger partial charge is 0.303 e. The minimum absolute atomic E-state index is 0.0797. The molecule has 204 valence electrons. The quantitative estimate of drug-likeness (QED) is 0.516. The van der Waals surface area contributed by atoms with Gasteiger partial charge in [-0.15, -0.1) is 0 Å². The minimum atomic E-state index is -2.07. The van der Waals surface area contributed by atoms with Gasteiger partial charge in [0.05, 0.1) is 12.2 Å². The number of allylic oxidation sites excluding steroid dienone is 4. The number of carbonyl (C=O) groups excluding carboxylic acids is 3. The lowest BCUT2D eigenvalue weighted by Crippen LogP contribution is -2.74. The molecule has 1 heterocycles. The van der Waals surface area contributed by atoms with E-state index in [1.54, 1.807) is 20.8 Å². The summed E-state index contributed by atoms with van der Waals surface area (Å²) in [5.41, 5.74) is -6.93. The molecule has 0 amide bonds. The van der Waals surface area contributed by atoms with Crippen molar-refractivity contribution in [2.24, 2.45) is 22.2 Å². The molecule has 0 spiro atoms. The Hall–Kier alpha value is -1.97. The molecule has 0 bridgehead atoms. The topological polar surface area (TPSA) is 88.1 Å². The SMILES string of the molecule is COC1CC2(C)C(C)(CC3OC(C)(C)OC32C(=O)COC(C)=O)C2CC(F)C3=CC(=O)C=CC3(C)C12F. The molecule has 1 saturated heterocycles. The lowest BCUT2D eigenvalue weighted by atomic mass is 9.39. The molecule has 37 heavy (non-hydrogen) atoms. The highest BCUT2D eigenvalue weighted by molar-refractivity contribution is 6.01. The molecular formula is C28H36F2O7. The molecule has 9 unspecified atom stereocenters.